The summed E-state index contributed by atoms with van der Waals surface area (Å²) >= 11 is 0. The second-order valence-electron chi connectivity index (χ2n) is 8.32. The van der Waals surface area contributed by atoms with Gasteiger partial charge in [0.05, 0.1) is 18.4 Å². The van der Waals surface area contributed by atoms with Gasteiger partial charge in [-0.3, -0.25) is 28.8 Å². The van der Waals surface area contributed by atoms with Gasteiger partial charge < -0.3 is 27.0 Å². The molecule has 0 aliphatic rings. The number of carbonyl (C=O) groups excluding carboxylic acids is 6. The van der Waals surface area contributed by atoms with Gasteiger partial charge in [0.1, 0.15) is 6.04 Å². The van der Waals surface area contributed by atoms with Gasteiger partial charge in [0.2, 0.25) is 30.0 Å². The molecule has 0 fully saturated rings. The zero-order valence-corrected chi connectivity index (χ0v) is 19.6. The molecule has 0 spiro atoms. The summed E-state index contributed by atoms with van der Waals surface area (Å²) in [7, 11) is 0. The average molecular weight is 495 g/mol. The predicted molar refractivity (Wildman–Crippen MR) is 114 cm³/mol. The van der Waals surface area contributed by atoms with Crippen molar-refractivity contribution in [3.63, 3.8) is 0 Å². The molecule has 0 aromatic rings. The minimum absolute atomic E-state index is 0.0220. The van der Waals surface area contributed by atoms with E-state index in [0.29, 0.717) is 6.41 Å². The molecule has 0 aromatic carbocycles. The van der Waals surface area contributed by atoms with Crippen LogP contribution in [-0.2, 0) is 28.8 Å². The van der Waals surface area contributed by atoms with Crippen molar-refractivity contribution >= 4 is 35.8 Å². The number of nitrogens with one attached hydrogen (secondary N) is 4. The highest BCUT2D eigenvalue weighted by atomic mass is 19.4. The molecule has 0 bridgehead atoms. The topological polar surface area (TPSA) is 177 Å². The highest BCUT2D eigenvalue weighted by molar-refractivity contribution is 5.96. The van der Waals surface area contributed by atoms with Gasteiger partial charge in [-0.05, 0) is 18.8 Å². The van der Waals surface area contributed by atoms with Crippen molar-refractivity contribution in [1.82, 2.24) is 21.3 Å². The molecule has 5 amide bonds. The number of hydrogen-bond acceptors (Lipinski definition) is 6. The van der Waals surface area contributed by atoms with Crippen LogP contribution >= 0.6 is 0 Å². The lowest BCUT2D eigenvalue weighted by Crippen LogP contribution is -2.58. The fraction of sp³-hybridized carbons (Fsp3) is 0.700. The predicted octanol–water partition coefficient (Wildman–Crippen LogP) is -0.858. The van der Waals surface area contributed by atoms with Crippen LogP contribution in [0.1, 0.15) is 41.0 Å². The second kappa shape index (κ2) is 13.5. The molecule has 0 aromatic heterocycles. The first-order chi connectivity index (χ1) is 15.5. The van der Waals surface area contributed by atoms with Gasteiger partial charge in [-0.2, -0.15) is 13.2 Å². The maximum atomic E-state index is 13.2. The lowest BCUT2D eigenvalue weighted by Gasteiger charge is -2.34. The summed E-state index contributed by atoms with van der Waals surface area (Å²) < 4.78 is 37.9. The van der Waals surface area contributed by atoms with E-state index in [1.54, 1.807) is 20.8 Å². The number of hydrogen-bond donors (Lipinski definition) is 5. The zero-order chi connectivity index (χ0) is 26.8. The van der Waals surface area contributed by atoms with Crippen LogP contribution in [-0.4, -0.2) is 66.7 Å². The lowest BCUT2D eigenvalue weighted by molar-refractivity contribution is -0.173. The summed E-state index contributed by atoms with van der Waals surface area (Å²) in [4.78, 5) is 70.9. The Morgan fingerprint density at radius 3 is 1.91 bits per heavy atom. The molecule has 2 unspecified atom stereocenters. The Hall–Kier alpha value is -3.19. The van der Waals surface area contributed by atoms with Crippen LogP contribution in [0.25, 0.3) is 0 Å². The molecule has 34 heavy (non-hydrogen) atoms. The molecule has 194 valence electrons. The molecule has 14 heteroatoms. The number of primary amides is 1. The summed E-state index contributed by atoms with van der Waals surface area (Å²) in [6, 6.07) is -4.43. The number of amides is 5. The van der Waals surface area contributed by atoms with E-state index in [4.69, 9.17) is 5.73 Å². The Morgan fingerprint density at radius 2 is 1.50 bits per heavy atom. The zero-order valence-electron chi connectivity index (χ0n) is 19.6. The van der Waals surface area contributed by atoms with Crippen molar-refractivity contribution in [2.45, 2.75) is 65.3 Å². The van der Waals surface area contributed by atoms with Crippen molar-refractivity contribution in [3.05, 3.63) is 0 Å². The molecule has 6 N–H and O–H groups in total. The molecule has 0 saturated carbocycles. The van der Waals surface area contributed by atoms with Crippen molar-refractivity contribution < 1.29 is 41.9 Å². The summed E-state index contributed by atoms with van der Waals surface area (Å²) in [5.41, 5.74) is 5.12. The SMILES string of the molecule is CC(=O)N[C@@H](C(C)C)[C@@H](C(=O)N[C@@H](CC(N)=O)C(=O)NC(C)C(=O)C(F)(F)F)C(C)CNC=O. The maximum Gasteiger partial charge on any atom is 0.452 e. The Bertz CT molecular complexity index is 774. The van der Waals surface area contributed by atoms with Gasteiger partial charge in [-0.25, -0.2) is 0 Å². The smallest absolute Gasteiger partial charge is 0.370 e. The molecule has 0 rings (SSSR count). The van der Waals surface area contributed by atoms with E-state index in [0.717, 1.165) is 6.92 Å². The number of nitrogens with two attached hydrogens (primary N) is 1. The van der Waals surface area contributed by atoms with Gasteiger partial charge in [-0.15, -0.1) is 0 Å². The quantitative estimate of drug-likeness (QED) is 0.196. The molecule has 0 saturated heterocycles. The van der Waals surface area contributed by atoms with E-state index >= 15 is 0 Å². The van der Waals surface area contributed by atoms with Crippen molar-refractivity contribution in [3.8, 4) is 0 Å². The van der Waals surface area contributed by atoms with E-state index in [2.05, 4.69) is 16.0 Å². The van der Waals surface area contributed by atoms with Gasteiger partial charge in [-0.1, -0.05) is 20.8 Å². The molecular formula is C20H32F3N5O6. The maximum absolute atomic E-state index is 13.2. The molecule has 0 aliphatic carbocycles. The van der Waals surface area contributed by atoms with Crippen LogP contribution < -0.4 is 27.0 Å². The van der Waals surface area contributed by atoms with Crippen LogP contribution in [0.5, 0.6) is 0 Å². The third-order valence-electron chi connectivity index (χ3n) is 4.98. The number of halogens is 3. The largest absolute Gasteiger partial charge is 0.452 e. The van der Waals surface area contributed by atoms with Gasteiger partial charge in [0.15, 0.2) is 0 Å². The Balaban J connectivity index is 5.92. The third kappa shape index (κ3) is 10.2. The normalized spacial score (nSPS) is 15.8. The standard InChI is InChI=1S/C20H32F3N5O6/c1-9(2)16(27-12(5)30)15(10(3)7-25-8-29)19(34)28-13(6-14(24)31)18(33)26-11(4)17(32)20(21,22)23/h8-11,13,15-16H,6-7H2,1-5H3,(H2,24,31)(H,25,29)(H,26,33)(H,27,30)(H,28,34)/t10?,11?,13-,15-,16-/m0/s1. The van der Waals surface area contributed by atoms with Crippen molar-refractivity contribution in [2.24, 2.45) is 23.5 Å². The van der Waals surface area contributed by atoms with Crippen molar-refractivity contribution in [2.75, 3.05) is 6.54 Å². The lowest BCUT2D eigenvalue weighted by atomic mass is 9.80. The van der Waals surface area contributed by atoms with Crippen LogP contribution in [0.3, 0.4) is 0 Å². The van der Waals surface area contributed by atoms with E-state index in [1.165, 1.54) is 6.92 Å². The first-order valence-electron chi connectivity index (χ1n) is 10.5. The fourth-order valence-electron chi connectivity index (χ4n) is 3.35. The number of alkyl halides is 3. The molecule has 0 heterocycles. The average Bonchev–Trinajstić information content (AvgIpc) is 2.68. The molecule has 11 nitrogen and oxygen atoms in total. The van der Waals surface area contributed by atoms with Crippen LogP contribution in [0, 0.1) is 17.8 Å². The highest BCUT2D eigenvalue weighted by Gasteiger charge is 2.43. The van der Waals surface area contributed by atoms with E-state index in [1.807, 2.05) is 5.32 Å². The number of rotatable bonds is 14. The third-order valence-corrected chi connectivity index (χ3v) is 4.98. The molecule has 0 radical (unpaired) electrons. The van der Waals surface area contributed by atoms with Crippen LogP contribution in [0.4, 0.5) is 13.2 Å². The number of Topliss-reactive ketones (excluding diaryl/α,β-unsaturated/α-hetero) is 1. The number of carbonyl (C=O) groups is 6. The Morgan fingerprint density at radius 1 is 0.941 bits per heavy atom. The Labute approximate surface area is 195 Å². The molecular weight excluding hydrogens is 463 g/mol. The minimum Gasteiger partial charge on any atom is -0.370 e. The van der Waals surface area contributed by atoms with E-state index < -0.39 is 72.0 Å². The molecule has 0 aliphatic heterocycles. The minimum atomic E-state index is -5.20. The van der Waals surface area contributed by atoms with Gasteiger partial charge >= 0.3 is 6.18 Å². The van der Waals surface area contributed by atoms with Crippen LogP contribution in [0.15, 0.2) is 0 Å². The van der Waals surface area contributed by atoms with E-state index in [-0.39, 0.29) is 12.5 Å². The number of ketones is 1. The Kier molecular flexibility index (Phi) is 12.2. The summed E-state index contributed by atoms with van der Waals surface area (Å²) in [5, 5.41) is 9.18. The molecule has 5 atom stereocenters. The first-order valence-corrected chi connectivity index (χ1v) is 10.5. The second-order valence-corrected chi connectivity index (χ2v) is 8.32. The summed E-state index contributed by atoms with van der Waals surface area (Å²) in [5.74, 6) is -7.63. The van der Waals surface area contributed by atoms with Crippen LogP contribution in [0.2, 0.25) is 0 Å². The highest BCUT2D eigenvalue weighted by Crippen LogP contribution is 2.23. The van der Waals surface area contributed by atoms with Gasteiger partial charge in [0.25, 0.3) is 5.78 Å². The fourth-order valence-corrected chi connectivity index (χ4v) is 3.35. The van der Waals surface area contributed by atoms with E-state index in [9.17, 15) is 41.9 Å². The monoisotopic (exact) mass is 495 g/mol. The first kappa shape index (κ1) is 30.8. The van der Waals surface area contributed by atoms with Crippen molar-refractivity contribution in [1.29, 1.82) is 0 Å². The summed E-state index contributed by atoms with van der Waals surface area (Å²) in [6.07, 6.45) is -5.55. The summed E-state index contributed by atoms with van der Waals surface area (Å²) in [6.45, 7) is 7.11. The van der Waals surface area contributed by atoms with Gasteiger partial charge in [0, 0.05) is 19.5 Å².